The highest BCUT2D eigenvalue weighted by atomic mass is 19.1. The summed E-state index contributed by atoms with van der Waals surface area (Å²) in [6, 6.07) is 4.55. The fourth-order valence-electron chi connectivity index (χ4n) is 2.56. The molecule has 1 atom stereocenters. The largest absolute Gasteiger partial charge is 0.494 e. The van der Waals surface area contributed by atoms with Gasteiger partial charge in [0.1, 0.15) is 0 Å². The molecule has 1 amide bonds. The number of carbonyl (C=O) groups excluding carboxylic acids is 1. The number of ether oxygens (including phenoxy) is 1. The van der Waals surface area contributed by atoms with Gasteiger partial charge in [-0.3, -0.25) is 4.79 Å². The van der Waals surface area contributed by atoms with Gasteiger partial charge in [-0.25, -0.2) is 4.39 Å². The van der Waals surface area contributed by atoms with Gasteiger partial charge in [-0.2, -0.15) is 0 Å². The van der Waals surface area contributed by atoms with Crippen molar-refractivity contribution in [1.82, 2.24) is 10.2 Å². The molecule has 1 fully saturated rings. The Morgan fingerprint density at radius 2 is 2.20 bits per heavy atom. The second kappa shape index (κ2) is 6.70. The Bertz CT molecular complexity index is 471. The Morgan fingerprint density at radius 1 is 1.40 bits per heavy atom. The zero-order valence-electron chi connectivity index (χ0n) is 12.0. The lowest BCUT2D eigenvalue weighted by Gasteiger charge is -2.27. The van der Waals surface area contributed by atoms with Crippen molar-refractivity contribution in [3.63, 3.8) is 0 Å². The number of halogens is 1. The van der Waals surface area contributed by atoms with Gasteiger partial charge in [-0.1, -0.05) is 0 Å². The maximum absolute atomic E-state index is 13.7. The molecule has 5 heteroatoms. The molecule has 1 saturated heterocycles. The van der Waals surface area contributed by atoms with Crippen LogP contribution in [0.15, 0.2) is 18.2 Å². The Balaban J connectivity index is 2.11. The van der Waals surface area contributed by atoms with Gasteiger partial charge in [0.05, 0.1) is 7.11 Å². The molecule has 1 aliphatic heterocycles. The van der Waals surface area contributed by atoms with Crippen molar-refractivity contribution in [3.8, 4) is 5.75 Å². The van der Waals surface area contributed by atoms with E-state index in [2.05, 4.69) is 5.32 Å². The number of nitrogens with zero attached hydrogens (tertiary/aromatic N) is 1. The fraction of sp³-hybridized carbons (Fsp3) is 0.533. The Hall–Kier alpha value is -1.62. The van der Waals surface area contributed by atoms with Crippen molar-refractivity contribution in [3.05, 3.63) is 29.6 Å². The molecular formula is C15H21FN2O2. The van der Waals surface area contributed by atoms with Crippen molar-refractivity contribution in [2.24, 2.45) is 0 Å². The lowest BCUT2D eigenvalue weighted by Crippen LogP contribution is -2.37. The molecule has 1 aromatic rings. The highest BCUT2D eigenvalue weighted by Gasteiger charge is 2.22. The minimum absolute atomic E-state index is 0.140. The number of hydrogen-bond acceptors (Lipinski definition) is 3. The summed E-state index contributed by atoms with van der Waals surface area (Å²) in [6.45, 7) is 1.91. The van der Waals surface area contributed by atoms with Crippen LogP contribution < -0.4 is 10.1 Å². The summed E-state index contributed by atoms with van der Waals surface area (Å²) in [7, 11) is 3.20. The Labute approximate surface area is 118 Å². The van der Waals surface area contributed by atoms with Gasteiger partial charge >= 0.3 is 0 Å². The number of rotatable bonds is 3. The predicted molar refractivity (Wildman–Crippen MR) is 75.6 cm³/mol. The number of carbonyl (C=O) groups is 1. The molecule has 1 aliphatic rings. The average Bonchev–Trinajstić information content (AvgIpc) is 2.74. The molecule has 1 N–H and O–H groups in total. The van der Waals surface area contributed by atoms with E-state index >= 15 is 0 Å². The van der Waals surface area contributed by atoms with Gasteiger partial charge in [-0.15, -0.1) is 0 Å². The lowest BCUT2D eigenvalue weighted by molar-refractivity contribution is 0.0720. The minimum atomic E-state index is -0.505. The van der Waals surface area contributed by atoms with E-state index in [4.69, 9.17) is 4.74 Å². The summed E-state index contributed by atoms with van der Waals surface area (Å²) >= 11 is 0. The first-order valence-corrected chi connectivity index (χ1v) is 6.95. The maximum Gasteiger partial charge on any atom is 0.253 e. The van der Waals surface area contributed by atoms with E-state index in [9.17, 15) is 9.18 Å². The monoisotopic (exact) mass is 280 g/mol. The molecule has 20 heavy (non-hydrogen) atoms. The molecule has 0 spiro atoms. The van der Waals surface area contributed by atoms with E-state index in [0.29, 0.717) is 5.56 Å². The van der Waals surface area contributed by atoms with Crippen LogP contribution in [0.1, 0.15) is 29.6 Å². The molecule has 4 nitrogen and oxygen atoms in total. The van der Waals surface area contributed by atoms with E-state index in [1.807, 2.05) is 0 Å². The van der Waals surface area contributed by atoms with Crippen LogP contribution in [-0.2, 0) is 0 Å². The number of benzene rings is 1. The van der Waals surface area contributed by atoms with Crippen LogP contribution in [0.25, 0.3) is 0 Å². The molecular weight excluding hydrogens is 259 g/mol. The van der Waals surface area contributed by atoms with E-state index in [0.717, 1.165) is 32.4 Å². The van der Waals surface area contributed by atoms with E-state index in [-0.39, 0.29) is 17.7 Å². The third-order valence-electron chi connectivity index (χ3n) is 3.81. The van der Waals surface area contributed by atoms with Crippen LogP contribution in [0.3, 0.4) is 0 Å². The van der Waals surface area contributed by atoms with Gasteiger partial charge in [0, 0.05) is 18.7 Å². The Kier molecular flexibility index (Phi) is 4.95. The molecule has 1 heterocycles. The van der Waals surface area contributed by atoms with Crippen LogP contribution >= 0.6 is 0 Å². The normalized spacial score (nSPS) is 19.2. The zero-order valence-corrected chi connectivity index (χ0v) is 12.0. The fourth-order valence-corrected chi connectivity index (χ4v) is 2.56. The molecule has 0 radical (unpaired) electrons. The van der Waals surface area contributed by atoms with Gasteiger partial charge in [0.15, 0.2) is 11.6 Å². The summed E-state index contributed by atoms with van der Waals surface area (Å²) < 4.78 is 18.5. The van der Waals surface area contributed by atoms with Gasteiger partial charge in [0.25, 0.3) is 5.91 Å². The zero-order chi connectivity index (χ0) is 14.5. The van der Waals surface area contributed by atoms with Crippen LogP contribution in [0.2, 0.25) is 0 Å². The first-order chi connectivity index (χ1) is 9.63. The topological polar surface area (TPSA) is 41.6 Å². The van der Waals surface area contributed by atoms with E-state index in [1.54, 1.807) is 18.0 Å². The molecule has 1 aromatic carbocycles. The third-order valence-corrected chi connectivity index (χ3v) is 3.81. The Morgan fingerprint density at radius 3 is 2.90 bits per heavy atom. The highest BCUT2D eigenvalue weighted by molar-refractivity contribution is 5.94. The van der Waals surface area contributed by atoms with E-state index < -0.39 is 5.82 Å². The summed E-state index contributed by atoms with van der Waals surface area (Å²) in [5.41, 5.74) is 0.364. The average molecular weight is 280 g/mol. The van der Waals surface area contributed by atoms with E-state index in [1.165, 1.54) is 19.2 Å². The SMILES string of the molecule is COc1ccc(C(=O)N(C)C2CCCNCC2)cc1F. The molecule has 110 valence electrons. The van der Waals surface area contributed by atoms with Crippen molar-refractivity contribution < 1.29 is 13.9 Å². The van der Waals surface area contributed by atoms with Crippen LogP contribution in [-0.4, -0.2) is 44.1 Å². The molecule has 0 saturated carbocycles. The quantitative estimate of drug-likeness (QED) is 0.921. The first-order valence-electron chi connectivity index (χ1n) is 6.95. The number of nitrogens with one attached hydrogen (secondary N) is 1. The summed E-state index contributed by atoms with van der Waals surface area (Å²) in [5, 5.41) is 3.32. The molecule has 0 aliphatic carbocycles. The summed E-state index contributed by atoms with van der Waals surface area (Å²) in [6.07, 6.45) is 2.97. The minimum Gasteiger partial charge on any atom is -0.494 e. The standard InChI is InChI=1S/C15H21FN2O2/c1-18(12-4-3-8-17-9-7-12)15(19)11-5-6-14(20-2)13(16)10-11/h5-6,10,12,17H,3-4,7-9H2,1-2H3. The maximum atomic E-state index is 13.7. The highest BCUT2D eigenvalue weighted by Crippen LogP contribution is 2.20. The van der Waals surface area contributed by atoms with Crippen LogP contribution in [0, 0.1) is 5.82 Å². The molecule has 1 unspecified atom stereocenters. The van der Waals surface area contributed by atoms with Crippen molar-refractivity contribution in [2.45, 2.75) is 25.3 Å². The lowest BCUT2D eigenvalue weighted by atomic mass is 10.1. The molecule has 0 aromatic heterocycles. The summed E-state index contributed by atoms with van der Waals surface area (Å²) in [4.78, 5) is 14.1. The second-order valence-electron chi connectivity index (χ2n) is 5.10. The molecule has 0 bridgehead atoms. The smallest absolute Gasteiger partial charge is 0.253 e. The van der Waals surface area contributed by atoms with Crippen molar-refractivity contribution in [2.75, 3.05) is 27.2 Å². The summed E-state index contributed by atoms with van der Waals surface area (Å²) in [5.74, 6) is -0.490. The third kappa shape index (κ3) is 3.28. The number of hydrogen-bond donors (Lipinski definition) is 1. The number of methoxy groups -OCH3 is 1. The van der Waals surface area contributed by atoms with Gasteiger partial charge in [0.2, 0.25) is 0 Å². The first kappa shape index (κ1) is 14.8. The second-order valence-corrected chi connectivity index (χ2v) is 5.10. The van der Waals surface area contributed by atoms with Gasteiger partial charge in [-0.05, 0) is 50.6 Å². The molecule has 2 rings (SSSR count). The van der Waals surface area contributed by atoms with Crippen molar-refractivity contribution >= 4 is 5.91 Å². The van der Waals surface area contributed by atoms with Crippen molar-refractivity contribution in [1.29, 1.82) is 0 Å². The van der Waals surface area contributed by atoms with Crippen LogP contribution in [0.5, 0.6) is 5.75 Å². The number of amides is 1. The van der Waals surface area contributed by atoms with Gasteiger partial charge < -0.3 is 15.0 Å². The predicted octanol–water partition coefficient (Wildman–Crippen LogP) is 2.05. The van der Waals surface area contributed by atoms with Crippen LogP contribution in [0.4, 0.5) is 4.39 Å².